The smallest absolute Gasteiger partial charge is 0.308 e. The van der Waals surface area contributed by atoms with Crippen molar-refractivity contribution in [3.63, 3.8) is 0 Å². The van der Waals surface area contributed by atoms with Crippen molar-refractivity contribution in [2.45, 2.75) is 142 Å². The molecule has 7 heteroatoms. The third kappa shape index (κ3) is 6.34. The Hall–Kier alpha value is -0.920. The summed E-state index contributed by atoms with van der Waals surface area (Å²) < 4.78 is 13.9. The van der Waals surface area contributed by atoms with Crippen LogP contribution in [0.4, 0.5) is 0 Å². The maximum Gasteiger partial charge on any atom is 0.308 e. The number of piperidine rings is 2. The molecule has 2 aliphatic heterocycles. The van der Waals surface area contributed by atoms with E-state index >= 15 is 0 Å². The van der Waals surface area contributed by atoms with Gasteiger partial charge in [-0.2, -0.15) is 0 Å². The zero-order valence-electron chi connectivity index (χ0n) is 29.1. The summed E-state index contributed by atoms with van der Waals surface area (Å²) in [4.78, 5) is 28.3. The molecule has 0 aromatic carbocycles. The molecule has 256 valence electrons. The highest BCUT2D eigenvalue weighted by atomic mass is 79.9. The van der Waals surface area contributed by atoms with Gasteiger partial charge >= 0.3 is 11.9 Å². The van der Waals surface area contributed by atoms with Crippen molar-refractivity contribution in [2.75, 3.05) is 32.7 Å². The summed E-state index contributed by atoms with van der Waals surface area (Å²) in [5.74, 6) is 2.38. The lowest BCUT2D eigenvalue weighted by Gasteiger charge is -2.62. The topological polar surface area (TPSA) is 55.8 Å². The number of ether oxygens (including phenoxy) is 2. The number of esters is 2. The molecule has 6 nitrogen and oxygen atoms in total. The summed E-state index contributed by atoms with van der Waals surface area (Å²) in [6, 6.07) is 0.718. The Morgan fingerprint density at radius 2 is 1.62 bits per heavy atom. The molecule has 45 heavy (non-hydrogen) atoms. The van der Waals surface area contributed by atoms with Gasteiger partial charge in [-0.1, -0.05) is 40.7 Å². The second kappa shape index (κ2) is 13.9. The molecule has 0 amide bonds. The fourth-order valence-corrected chi connectivity index (χ4v) is 12.2. The van der Waals surface area contributed by atoms with E-state index in [1.165, 1.54) is 77.3 Å². The maximum absolute atomic E-state index is 12.9. The SMILES string of the molecule is C=CC[N+]1([C@H]2CC3C4CC[C@H]5C[C@H](OC(=O)C(C)C)[C@@H](N6CCCCC6)C[C@]5(C)C4CC[C@]3(C)[C@H]2OC(C)=O)CCCCC1.[Br-]. The molecular weight excluding hydrogens is 628 g/mol. The van der Waals surface area contributed by atoms with E-state index in [9.17, 15) is 9.59 Å². The van der Waals surface area contributed by atoms with E-state index in [4.69, 9.17) is 9.47 Å². The average Bonchev–Trinajstić information content (AvgIpc) is 3.30. The lowest BCUT2D eigenvalue weighted by Crippen LogP contribution is -3.00. The van der Waals surface area contributed by atoms with E-state index in [0.717, 1.165) is 43.4 Å². The largest absolute Gasteiger partial charge is 1.00 e. The first kappa shape index (κ1) is 35.4. The quantitative estimate of drug-likeness (QED) is 0.228. The fourth-order valence-electron chi connectivity index (χ4n) is 12.2. The van der Waals surface area contributed by atoms with E-state index in [1.54, 1.807) is 6.92 Å². The van der Waals surface area contributed by atoms with Crippen molar-refractivity contribution in [3.05, 3.63) is 12.7 Å². The molecule has 10 atom stereocenters. The Kier molecular flexibility index (Phi) is 10.9. The summed E-state index contributed by atoms with van der Waals surface area (Å²) in [6.07, 6.45) is 18.1. The van der Waals surface area contributed by atoms with Crippen LogP contribution < -0.4 is 17.0 Å². The van der Waals surface area contributed by atoms with Gasteiger partial charge in [-0.15, -0.1) is 0 Å². The van der Waals surface area contributed by atoms with Crippen molar-refractivity contribution in [2.24, 2.45) is 40.4 Å². The van der Waals surface area contributed by atoms with Crippen LogP contribution in [0.3, 0.4) is 0 Å². The van der Waals surface area contributed by atoms with Crippen molar-refractivity contribution in [1.29, 1.82) is 0 Å². The third-order valence-electron chi connectivity index (χ3n) is 14.4. The molecule has 0 spiro atoms. The molecule has 4 aliphatic carbocycles. The predicted molar refractivity (Wildman–Crippen MR) is 175 cm³/mol. The van der Waals surface area contributed by atoms with Gasteiger partial charge in [-0.3, -0.25) is 14.5 Å². The lowest BCUT2D eigenvalue weighted by atomic mass is 9.44. The molecule has 0 aromatic rings. The van der Waals surface area contributed by atoms with Gasteiger partial charge in [0.15, 0.2) is 6.10 Å². The minimum Gasteiger partial charge on any atom is -1.00 e. The van der Waals surface area contributed by atoms with E-state index in [1.807, 2.05) is 13.8 Å². The third-order valence-corrected chi connectivity index (χ3v) is 14.4. The molecule has 3 unspecified atom stereocenters. The van der Waals surface area contributed by atoms with E-state index < -0.39 is 0 Å². The molecule has 6 fully saturated rings. The molecule has 0 bridgehead atoms. The zero-order chi connectivity index (χ0) is 31.3. The number of quaternary nitrogens is 1. The number of carbonyl (C=O) groups excluding carboxylic acids is 2. The monoisotopic (exact) mass is 690 g/mol. The first-order valence-corrected chi connectivity index (χ1v) is 18.6. The Balaban J connectivity index is 0.00000400. The number of nitrogens with zero attached hydrogens (tertiary/aromatic N) is 2. The first-order chi connectivity index (χ1) is 21.0. The van der Waals surface area contributed by atoms with Crippen LogP contribution in [0.2, 0.25) is 0 Å². The van der Waals surface area contributed by atoms with Crippen LogP contribution in [0, 0.1) is 40.4 Å². The number of halogens is 1. The highest BCUT2D eigenvalue weighted by Gasteiger charge is 2.67. The number of rotatable bonds is 7. The van der Waals surface area contributed by atoms with Crippen LogP contribution in [0.15, 0.2) is 12.7 Å². The van der Waals surface area contributed by atoms with Gasteiger partial charge in [0.05, 0.1) is 25.6 Å². The van der Waals surface area contributed by atoms with E-state index in [-0.39, 0.29) is 57.9 Å². The highest BCUT2D eigenvalue weighted by Crippen LogP contribution is 2.68. The minimum absolute atomic E-state index is 0. The van der Waals surface area contributed by atoms with Crippen molar-refractivity contribution in [1.82, 2.24) is 4.90 Å². The summed E-state index contributed by atoms with van der Waals surface area (Å²) in [5.41, 5.74) is 0.307. The summed E-state index contributed by atoms with van der Waals surface area (Å²) >= 11 is 0. The second-order valence-electron chi connectivity index (χ2n) is 17.0. The van der Waals surface area contributed by atoms with Crippen LogP contribution in [0.5, 0.6) is 0 Å². The van der Waals surface area contributed by atoms with Gasteiger partial charge in [0.2, 0.25) is 0 Å². The Bertz CT molecular complexity index is 1070. The second-order valence-corrected chi connectivity index (χ2v) is 17.0. The molecule has 0 aromatic heterocycles. The van der Waals surface area contributed by atoms with Crippen molar-refractivity contribution < 1.29 is 40.5 Å². The summed E-state index contributed by atoms with van der Waals surface area (Å²) in [7, 11) is 0. The highest BCUT2D eigenvalue weighted by molar-refractivity contribution is 5.71. The van der Waals surface area contributed by atoms with Gasteiger partial charge in [-0.05, 0) is 119 Å². The zero-order valence-corrected chi connectivity index (χ0v) is 30.7. The van der Waals surface area contributed by atoms with E-state index in [0.29, 0.717) is 35.8 Å². The number of hydrogen-bond acceptors (Lipinski definition) is 5. The normalized spacial score (nSPS) is 42.8. The number of fused-ring (bicyclic) bond motifs is 5. The molecule has 0 radical (unpaired) electrons. The van der Waals surface area contributed by atoms with Gasteiger partial charge in [0.25, 0.3) is 0 Å². The van der Waals surface area contributed by atoms with Gasteiger partial charge < -0.3 is 30.9 Å². The van der Waals surface area contributed by atoms with Crippen LogP contribution >= 0.6 is 0 Å². The van der Waals surface area contributed by atoms with Gasteiger partial charge in [-0.25, -0.2) is 0 Å². The Labute approximate surface area is 284 Å². The average molecular weight is 692 g/mol. The fraction of sp³-hybridized carbons (Fsp3) is 0.895. The number of hydrogen-bond donors (Lipinski definition) is 0. The predicted octanol–water partition coefficient (Wildman–Crippen LogP) is 4.16. The molecule has 2 heterocycles. The number of likely N-dealkylation sites (tertiary alicyclic amines) is 2. The molecule has 6 rings (SSSR count). The van der Waals surface area contributed by atoms with Crippen molar-refractivity contribution >= 4 is 11.9 Å². The first-order valence-electron chi connectivity index (χ1n) is 18.6. The molecule has 6 aliphatic rings. The van der Waals surface area contributed by atoms with Crippen LogP contribution in [0.1, 0.15) is 118 Å². The number of carbonyl (C=O) groups is 2. The van der Waals surface area contributed by atoms with Gasteiger partial charge in [0, 0.05) is 24.8 Å². The van der Waals surface area contributed by atoms with Crippen LogP contribution in [-0.4, -0.2) is 78.3 Å². The summed E-state index contributed by atoms with van der Waals surface area (Å²) in [5, 5.41) is 0. The molecule has 4 saturated carbocycles. The maximum atomic E-state index is 12.9. The minimum atomic E-state index is -0.105. The summed E-state index contributed by atoms with van der Waals surface area (Å²) in [6.45, 7) is 20.6. The van der Waals surface area contributed by atoms with Crippen molar-refractivity contribution in [3.8, 4) is 0 Å². The van der Waals surface area contributed by atoms with Crippen LogP contribution in [0.25, 0.3) is 0 Å². The van der Waals surface area contributed by atoms with E-state index in [2.05, 4.69) is 31.4 Å². The lowest BCUT2D eigenvalue weighted by molar-refractivity contribution is -0.952. The standard InChI is InChI=1S/C38H63N2O4.BrH/c1-7-20-40(21-12-9-13-22-40)33-24-31-29-15-14-28-23-34(44-36(42)26(2)3)32(39-18-10-8-11-19-39)25-38(28,6)30(29)16-17-37(31,5)35(33)43-27(4)41;/h7,26,28-35H,1,8-25H2,2-6H3;1H/q+1;/p-1/t28-,29?,30?,31?,32-,33-,34-,35-,37-,38-;/m0./s1. The Morgan fingerprint density at radius 1 is 0.933 bits per heavy atom. The van der Waals surface area contributed by atoms with Gasteiger partial charge in [0.1, 0.15) is 12.1 Å². The molecule has 0 N–H and O–H groups in total. The molecule has 2 saturated heterocycles. The Morgan fingerprint density at radius 3 is 2.27 bits per heavy atom. The molecular formula is C38H63BrN2O4. The van der Waals surface area contributed by atoms with Crippen LogP contribution in [-0.2, 0) is 19.1 Å².